The Labute approximate surface area is 293 Å². The normalized spacial score (nSPS) is 22.6. The van der Waals surface area contributed by atoms with E-state index in [9.17, 15) is 37.9 Å². The first-order chi connectivity index (χ1) is 24.2. The van der Waals surface area contributed by atoms with Crippen molar-refractivity contribution >= 4 is 31.5 Å². The van der Waals surface area contributed by atoms with E-state index in [-0.39, 0.29) is 62.0 Å². The summed E-state index contributed by atoms with van der Waals surface area (Å²) in [6, 6.07) is 11.1. The molecule has 3 unspecified atom stereocenters. The second kappa shape index (κ2) is 15.3. The molecule has 17 heteroatoms. The predicted octanol–water partition coefficient (Wildman–Crippen LogP) is 3.65. The van der Waals surface area contributed by atoms with Crippen molar-refractivity contribution in [3.05, 3.63) is 89.0 Å². The number of nitrogens with one attached hydrogen (secondary N) is 1. The molecule has 3 aliphatic rings. The smallest absolute Gasteiger partial charge is 0.362 e. The minimum atomic E-state index is -4.03. The van der Waals surface area contributed by atoms with Crippen LogP contribution in [0.1, 0.15) is 32.8 Å². The molecular weight excluding hydrogens is 691 g/mol. The molecule has 2 aromatic rings. The first kappa shape index (κ1) is 37.6. The molecule has 5 rings (SSSR count). The highest BCUT2D eigenvalue weighted by atomic mass is 31.2. The number of rotatable bonds is 12. The quantitative estimate of drug-likeness (QED) is 0.166. The van der Waals surface area contributed by atoms with Gasteiger partial charge in [0.15, 0.2) is 11.5 Å². The molecule has 4 atom stereocenters. The molecular formula is C34H40F2N5O9P. The topological polar surface area (TPSA) is 171 Å². The van der Waals surface area contributed by atoms with Crippen LogP contribution in [0.5, 0.6) is 5.75 Å². The molecule has 2 aromatic carbocycles. The molecule has 3 heterocycles. The van der Waals surface area contributed by atoms with Crippen molar-refractivity contribution in [2.45, 2.75) is 51.6 Å². The summed E-state index contributed by atoms with van der Waals surface area (Å²) in [6.07, 6.45) is 0.0293. The van der Waals surface area contributed by atoms with E-state index < -0.39 is 66.0 Å². The van der Waals surface area contributed by atoms with Crippen LogP contribution in [-0.2, 0) is 35.0 Å². The second-order valence-corrected chi connectivity index (χ2v) is 14.7. The van der Waals surface area contributed by atoms with Crippen LogP contribution in [0.15, 0.2) is 76.5 Å². The van der Waals surface area contributed by atoms with Gasteiger partial charge in [0, 0.05) is 50.6 Å². The number of carbonyl (C=O) groups excluding carboxylic acids is 3. The molecule has 3 aliphatic heterocycles. The summed E-state index contributed by atoms with van der Waals surface area (Å²) in [5.41, 5.74) is -1.99. The maximum absolute atomic E-state index is 14.5. The summed E-state index contributed by atoms with van der Waals surface area (Å²) in [7, 11) is -2.53. The number of aliphatic hydroxyl groups excluding tert-OH is 2. The van der Waals surface area contributed by atoms with Crippen LogP contribution in [0, 0.1) is 17.6 Å². The van der Waals surface area contributed by atoms with E-state index in [0.717, 1.165) is 18.3 Å². The zero-order valence-electron chi connectivity index (χ0n) is 28.5. The Balaban J connectivity index is 1.49. The Bertz CT molecular complexity index is 1800. The van der Waals surface area contributed by atoms with Crippen molar-refractivity contribution in [3.63, 3.8) is 0 Å². The summed E-state index contributed by atoms with van der Waals surface area (Å²) < 4.78 is 63.3. The molecule has 0 bridgehead atoms. The van der Waals surface area contributed by atoms with Gasteiger partial charge >= 0.3 is 13.5 Å². The molecule has 0 aliphatic carbocycles. The number of carbonyl (C=O) groups is 3. The van der Waals surface area contributed by atoms with E-state index >= 15 is 0 Å². The zero-order valence-corrected chi connectivity index (χ0v) is 29.4. The van der Waals surface area contributed by atoms with Crippen molar-refractivity contribution in [1.29, 1.82) is 0 Å². The molecule has 2 fully saturated rings. The lowest BCUT2D eigenvalue weighted by molar-refractivity contribution is -0.185. The number of para-hydroxylation sites is 1. The highest BCUT2D eigenvalue weighted by molar-refractivity contribution is 7.58. The van der Waals surface area contributed by atoms with E-state index in [0.29, 0.717) is 6.07 Å². The van der Waals surface area contributed by atoms with Crippen molar-refractivity contribution in [2.24, 2.45) is 10.7 Å². The summed E-state index contributed by atoms with van der Waals surface area (Å²) in [4.78, 5) is 41.0. The number of nitrogens with zero attached hydrogens (tertiary/aromatic N) is 4. The van der Waals surface area contributed by atoms with Gasteiger partial charge in [0.2, 0.25) is 0 Å². The first-order valence-electron chi connectivity index (χ1n) is 16.2. The first-order valence-corrected chi connectivity index (χ1v) is 18.0. The fourth-order valence-electron chi connectivity index (χ4n) is 5.83. The average molecular weight is 732 g/mol. The molecule has 0 aromatic heterocycles. The van der Waals surface area contributed by atoms with E-state index in [4.69, 9.17) is 14.0 Å². The third kappa shape index (κ3) is 7.99. The van der Waals surface area contributed by atoms with Crippen LogP contribution in [-0.4, -0.2) is 100.0 Å². The number of likely N-dealkylation sites (N-methyl/N-ethyl adjacent to an activating group) is 1. The van der Waals surface area contributed by atoms with Gasteiger partial charge in [-0.05, 0) is 39.0 Å². The Hall–Kier alpha value is -4.63. The van der Waals surface area contributed by atoms with Crippen LogP contribution in [0.2, 0.25) is 0 Å². The Morgan fingerprint density at radius 2 is 1.92 bits per heavy atom. The van der Waals surface area contributed by atoms with Crippen molar-refractivity contribution < 1.29 is 51.9 Å². The van der Waals surface area contributed by atoms with Gasteiger partial charge < -0.3 is 34.4 Å². The zero-order chi connectivity index (χ0) is 37.1. The second-order valence-electron chi connectivity index (χ2n) is 12.6. The Morgan fingerprint density at radius 1 is 1.20 bits per heavy atom. The van der Waals surface area contributed by atoms with E-state index in [2.05, 4.69) is 10.1 Å². The highest BCUT2D eigenvalue weighted by Gasteiger charge is 2.56. The average Bonchev–Trinajstić information content (AvgIpc) is 3.58. The maximum atomic E-state index is 14.5. The molecule has 0 saturated carbocycles. The van der Waals surface area contributed by atoms with Crippen LogP contribution >= 0.6 is 7.52 Å². The molecule has 1 spiro atoms. The van der Waals surface area contributed by atoms with Gasteiger partial charge in [-0.1, -0.05) is 24.3 Å². The molecule has 274 valence electrons. The molecule has 0 radical (unpaired) electrons. The lowest BCUT2D eigenvalue weighted by Crippen LogP contribution is -2.71. The number of hydrazine groups is 1. The number of hydrogen-bond acceptors (Lipinski definition) is 11. The van der Waals surface area contributed by atoms with Crippen LogP contribution in [0.25, 0.3) is 0 Å². The van der Waals surface area contributed by atoms with Crippen molar-refractivity contribution in [1.82, 2.24) is 20.2 Å². The van der Waals surface area contributed by atoms with Gasteiger partial charge in [0.1, 0.15) is 29.2 Å². The number of hydrogen-bond donors (Lipinski definition) is 3. The van der Waals surface area contributed by atoms with Gasteiger partial charge in [0.05, 0.1) is 37.0 Å². The summed E-state index contributed by atoms with van der Waals surface area (Å²) in [5, 5.41) is 27.4. The van der Waals surface area contributed by atoms with Gasteiger partial charge in [-0.25, -0.2) is 13.5 Å². The van der Waals surface area contributed by atoms with E-state index in [1.54, 1.807) is 49.2 Å². The number of benzene rings is 2. The van der Waals surface area contributed by atoms with Crippen molar-refractivity contribution in [2.75, 3.05) is 33.0 Å². The lowest BCUT2D eigenvalue weighted by Gasteiger charge is -2.56. The van der Waals surface area contributed by atoms with Gasteiger partial charge in [0.25, 0.3) is 11.8 Å². The molecule has 3 N–H and O–H groups in total. The third-order valence-electron chi connectivity index (χ3n) is 8.63. The largest absolute Gasteiger partial charge is 0.507 e. The van der Waals surface area contributed by atoms with Gasteiger partial charge in [-0.3, -0.25) is 24.0 Å². The third-order valence-corrected chi connectivity index (χ3v) is 10.4. The van der Waals surface area contributed by atoms with Gasteiger partial charge in [-0.2, -0.15) is 5.01 Å². The van der Waals surface area contributed by atoms with Crippen LogP contribution in [0.3, 0.4) is 0 Å². The highest BCUT2D eigenvalue weighted by Crippen LogP contribution is 2.50. The number of fused-ring (bicyclic) bond motifs is 1. The number of amides is 2. The Morgan fingerprint density at radius 3 is 2.57 bits per heavy atom. The number of aliphatic hydroxyl groups is 2. The SMILES string of the molecule is CC(C)OC(=O)C(C)C=NP(=O)(CCN1N2C=C(C(=O)NCc3ccc(F)cc3F)C(O)C(O)=C2C(=O)N(C)[C@@]12CCOC2)Oc1ccccc1. The minimum Gasteiger partial charge on any atom is -0.507 e. The molecule has 2 amide bonds. The lowest BCUT2D eigenvalue weighted by atomic mass is 9.98. The maximum Gasteiger partial charge on any atom is 0.362 e. The minimum absolute atomic E-state index is 0.00720. The number of halogens is 2. The van der Waals surface area contributed by atoms with E-state index in [1.807, 2.05) is 0 Å². The summed E-state index contributed by atoms with van der Waals surface area (Å²) in [6.45, 7) is 4.63. The Kier molecular flexibility index (Phi) is 11.3. The number of esters is 1. The van der Waals surface area contributed by atoms with Gasteiger partial charge in [-0.15, -0.1) is 0 Å². The fraction of sp³-hybridized carbons (Fsp3) is 0.412. The van der Waals surface area contributed by atoms with Crippen LogP contribution in [0.4, 0.5) is 8.78 Å². The predicted molar refractivity (Wildman–Crippen MR) is 180 cm³/mol. The van der Waals surface area contributed by atoms with Crippen molar-refractivity contribution in [3.8, 4) is 5.75 Å². The number of ether oxygens (including phenoxy) is 2. The monoisotopic (exact) mass is 731 g/mol. The summed E-state index contributed by atoms with van der Waals surface area (Å²) >= 11 is 0. The molecule has 2 saturated heterocycles. The van der Waals surface area contributed by atoms with Crippen LogP contribution < -0.4 is 9.84 Å². The van der Waals surface area contributed by atoms with E-state index in [1.165, 1.54) is 30.1 Å². The summed E-state index contributed by atoms with van der Waals surface area (Å²) in [5.74, 6) is -5.31. The fourth-order valence-corrected chi connectivity index (χ4v) is 7.38. The standard InChI is InChI=1S/C34H40F2N5O9P/c1-21(2)49-33(46)22(3)17-38-51(47,50-25-8-6-5-7-9-25)15-13-41-34(12-14-48-20-34)39(4)32(45)28-30(43)29(42)26(19-40(28)41)31(44)37-18-23-10-11-24(35)16-27(23)36/h5-11,16-17,19,21-22,29,42-43H,12-15,18,20H2,1-4H3,(H,37,44)/t22?,29?,34-,51?/m0/s1. The molecule has 14 nitrogen and oxygen atoms in total. The molecule has 51 heavy (non-hydrogen) atoms.